The lowest BCUT2D eigenvalue weighted by molar-refractivity contribution is 0.779. The smallest absolute Gasteiger partial charge is 0.187 e. The number of hydrogen-bond donors (Lipinski definition) is 0. The molecule has 0 radical (unpaired) electrons. The van der Waals surface area contributed by atoms with Crippen molar-refractivity contribution in [3.63, 3.8) is 0 Å². The highest BCUT2D eigenvalue weighted by Crippen LogP contribution is 2.25. The Kier molecular flexibility index (Phi) is 4.68. The monoisotopic (exact) mass is 366 g/mol. The fraction of sp³-hybridized carbons (Fsp3) is 0.105. The van der Waals surface area contributed by atoms with Crippen molar-refractivity contribution in [2.75, 3.05) is 0 Å². The SMILES string of the molecule is Clc1ccc2c(c1)nc(CSc1ncccn1)n2Cc1ccccc1. The molecule has 4 aromatic rings. The summed E-state index contributed by atoms with van der Waals surface area (Å²) in [5.41, 5.74) is 3.23. The Hall–Kier alpha value is -2.37. The van der Waals surface area contributed by atoms with E-state index in [2.05, 4.69) is 38.8 Å². The van der Waals surface area contributed by atoms with Gasteiger partial charge >= 0.3 is 0 Å². The van der Waals surface area contributed by atoms with Crippen LogP contribution in [-0.2, 0) is 12.3 Å². The van der Waals surface area contributed by atoms with E-state index < -0.39 is 0 Å². The predicted octanol–water partition coefficient (Wildman–Crippen LogP) is 4.82. The Labute approximate surface area is 154 Å². The third-order valence-electron chi connectivity index (χ3n) is 3.85. The topological polar surface area (TPSA) is 43.6 Å². The van der Waals surface area contributed by atoms with Crippen LogP contribution in [0.2, 0.25) is 5.02 Å². The molecule has 25 heavy (non-hydrogen) atoms. The lowest BCUT2D eigenvalue weighted by atomic mass is 10.2. The third-order valence-corrected chi connectivity index (χ3v) is 4.95. The van der Waals surface area contributed by atoms with Gasteiger partial charge in [0.2, 0.25) is 0 Å². The van der Waals surface area contributed by atoms with E-state index in [1.54, 1.807) is 24.2 Å². The molecule has 0 N–H and O–H groups in total. The normalized spacial score (nSPS) is 11.1. The zero-order valence-corrected chi connectivity index (χ0v) is 14.9. The van der Waals surface area contributed by atoms with Crippen molar-refractivity contribution in [2.45, 2.75) is 17.5 Å². The summed E-state index contributed by atoms with van der Waals surface area (Å²) in [6.45, 7) is 0.768. The summed E-state index contributed by atoms with van der Waals surface area (Å²) in [7, 11) is 0. The molecule has 6 heteroatoms. The van der Waals surface area contributed by atoms with Gasteiger partial charge in [0, 0.05) is 24.0 Å². The maximum atomic E-state index is 6.14. The Balaban J connectivity index is 1.70. The molecule has 4 rings (SSSR count). The van der Waals surface area contributed by atoms with E-state index in [9.17, 15) is 0 Å². The standard InChI is InChI=1S/C19H15ClN4S/c20-15-7-8-17-16(11-15)23-18(13-25-19-21-9-4-10-22-19)24(17)12-14-5-2-1-3-6-14/h1-11H,12-13H2. The van der Waals surface area contributed by atoms with Crippen molar-refractivity contribution in [1.29, 1.82) is 0 Å². The third kappa shape index (κ3) is 3.67. The van der Waals surface area contributed by atoms with Crippen LogP contribution in [0.4, 0.5) is 0 Å². The minimum atomic E-state index is 0.697. The maximum absolute atomic E-state index is 6.14. The van der Waals surface area contributed by atoms with Crippen LogP contribution in [0.15, 0.2) is 72.1 Å². The fourth-order valence-corrected chi connectivity index (χ4v) is 3.61. The first-order valence-electron chi connectivity index (χ1n) is 7.88. The number of imidazole rings is 1. The van der Waals surface area contributed by atoms with E-state index >= 15 is 0 Å². The van der Waals surface area contributed by atoms with Gasteiger partial charge in [0.15, 0.2) is 5.16 Å². The quantitative estimate of drug-likeness (QED) is 0.375. The second-order valence-corrected chi connectivity index (χ2v) is 6.93. The molecule has 0 spiro atoms. The number of benzene rings is 2. The molecule has 0 amide bonds. The minimum absolute atomic E-state index is 0.697. The van der Waals surface area contributed by atoms with Crippen LogP contribution in [-0.4, -0.2) is 19.5 Å². The van der Waals surface area contributed by atoms with Crippen LogP contribution in [0.25, 0.3) is 11.0 Å². The summed E-state index contributed by atoms with van der Waals surface area (Å²) in [5.74, 6) is 1.68. The van der Waals surface area contributed by atoms with Crippen LogP contribution in [0, 0.1) is 0 Å². The molecule has 124 valence electrons. The number of fused-ring (bicyclic) bond motifs is 1. The first-order valence-corrected chi connectivity index (χ1v) is 9.24. The Morgan fingerprint density at radius 2 is 1.76 bits per heavy atom. The second-order valence-electron chi connectivity index (χ2n) is 5.55. The molecule has 4 nitrogen and oxygen atoms in total. The van der Waals surface area contributed by atoms with Gasteiger partial charge in [0.25, 0.3) is 0 Å². The molecule has 0 aliphatic rings. The van der Waals surface area contributed by atoms with Gasteiger partial charge in [-0.05, 0) is 29.8 Å². The zero-order chi connectivity index (χ0) is 17.1. The van der Waals surface area contributed by atoms with E-state index in [-0.39, 0.29) is 0 Å². The largest absolute Gasteiger partial charge is 0.323 e. The molecule has 0 aliphatic heterocycles. The molecule has 0 unspecified atom stereocenters. The average Bonchev–Trinajstić information content (AvgIpc) is 2.98. The summed E-state index contributed by atoms with van der Waals surface area (Å²) < 4.78 is 2.23. The molecule has 0 fully saturated rings. The highest BCUT2D eigenvalue weighted by atomic mass is 35.5. The van der Waals surface area contributed by atoms with Crippen molar-refractivity contribution in [3.8, 4) is 0 Å². The van der Waals surface area contributed by atoms with Crippen LogP contribution in [0.1, 0.15) is 11.4 Å². The van der Waals surface area contributed by atoms with E-state index in [1.165, 1.54) is 5.56 Å². The van der Waals surface area contributed by atoms with E-state index in [1.807, 2.05) is 30.3 Å². The molecule has 0 bridgehead atoms. The summed E-state index contributed by atoms with van der Waals surface area (Å²) in [6.07, 6.45) is 3.50. The Morgan fingerprint density at radius 3 is 2.56 bits per heavy atom. The van der Waals surface area contributed by atoms with Gasteiger partial charge in [0.05, 0.1) is 16.8 Å². The Morgan fingerprint density at radius 1 is 0.960 bits per heavy atom. The predicted molar refractivity (Wildman–Crippen MR) is 102 cm³/mol. The van der Waals surface area contributed by atoms with Crippen molar-refractivity contribution < 1.29 is 0 Å². The Bertz CT molecular complexity index is 986. The molecular formula is C19H15ClN4S. The van der Waals surface area contributed by atoms with E-state index in [0.717, 1.165) is 28.6 Å². The summed E-state index contributed by atoms with van der Waals surface area (Å²) in [5, 5.41) is 1.45. The minimum Gasteiger partial charge on any atom is -0.323 e. The van der Waals surface area contributed by atoms with Gasteiger partial charge in [-0.3, -0.25) is 0 Å². The van der Waals surface area contributed by atoms with Gasteiger partial charge < -0.3 is 4.57 Å². The van der Waals surface area contributed by atoms with Gasteiger partial charge in [0.1, 0.15) is 5.82 Å². The first-order chi connectivity index (χ1) is 12.3. The summed E-state index contributed by atoms with van der Waals surface area (Å²) >= 11 is 7.72. The molecule has 2 aromatic heterocycles. The first kappa shape index (κ1) is 16.1. The molecular weight excluding hydrogens is 352 g/mol. The van der Waals surface area contributed by atoms with Crippen molar-refractivity contribution >= 4 is 34.4 Å². The van der Waals surface area contributed by atoms with Gasteiger partial charge in [-0.1, -0.05) is 53.7 Å². The number of aromatic nitrogens is 4. The highest BCUT2D eigenvalue weighted by molar-refractivity contribution is 7.98. The van der Waals surface area contributed by atoms with Crippen molar-refractivity contribution in [3.05, 3.63) is 83.4 Å². The highest BCUT2D eigenvalue weighted by Gasteiger charge is 2.12. The van der Waals surface area contributed by atoms with Gasteiger partial charge in [-0.15, -0.1) is 0 Å². The number of halogens is 1. The number of thioether (sulfide) groups is 1. The lowest BCUT2D eigenvalue weighted by Gasteiger charge is -2.09. The van der Waals surface area contributed by atoms with E-state index in [4.69, 9.17) is 16.6 Å². The zero-order valence-electron chi connectivity index (χ0n) is 13.3. The number of nitrogens with zero attached hydrogens (tertiary/aromatic N) is 4. The lowest BCUT2D eigenvalue weighted by Crippen LogP contribution is -2.04. The molecule has 0 aliphatic carbocycles. The number of rotatable bonds is 5. The summed E-state index contributed by atoms with van der Waals surface area (Å²) in [6, 6.07) is 18.0. The van der Waals surface area contributed by atoms with Crippen LogP contribution in [0.5, 0.6) is 0 Å². The molecule has 0 saturated heterocycles. The summed E-state index contributed by atoms with van der Waals surface area (Å²) in [4.78, 5) is 13.3. The average molecular weight is 367 g/mol. The van der Waals surface area contributed by atoms with Gasteiger partial charge in [-0.25, -0.2) is 15.0 Å². The van der Waals surface area contributed by atoms with Gasteiger partial charge in [-0.2, -0.15) is 0 Å². The van der Waals surface area contributed by atoms with Crippen LogP contribution < -0.4 is 0 Å². The van der Waals surface area contributed by atoms with Crippen molar-refractivity contribution in [1.82, 2.24) is 19.5 Å². The molecule has 0 atom stereocenters. The van der Waals surface area contributed by atoms with Crippen LogP contribution >= 0.6 is 23.4 Å². The molecule has 2 aromatic carbocycles. The van der Waals surface area contributed by atoms with E-state index in [0.29, 0.717) is 10.8 Å². The van der Waals surface area contributed by atoms with Crippen molar-refractivity contribution in [2.24, 2.45) is 0 Å². The number of hydrogen-bond acceptors (Lipinski definition) is 4. The fourth-order valence-electron chi connectivity index (χ4n) is 2.69. The molecule has 0 saturated carbocycles. The second kappa shape index (κ2) is 7.25. The molecule has 2 heterocycles. The van der Waals surface area contributed by atoms with Crippen LogP contribution in [0.3, 0.4) is 0 Å². The maximum Gasteiger partial charge on any atom is 0.187 e.